The van der Waals surface area contributed by atoms with Crippen LogP contribution in [-0.4, -0.2) is 60.9 Å². The Labute approximate surface area is 213 Å². The number of β-amino-alcohol motifs (C(OH)–C–C–N with tert-alkyl or cyclic N) is 1. The van der Waals surface area contributed by atoms with Crippen LogP contribution in [0.1, 0.15) is 57.1 Å². The van der Waals surface area contributed by atoms with Crippen LogP contribution in [0.4, 0.5) is 4.79 Å². The van der Waals surface area contributed by atoms with E-state index in [-0.39, 0.29) is 12.5 Å². The maximum absolute atomic E-state index is 11.9. The molecule has 2 heterocycles. The maximum atomic E-state index is 11.9. The zero-order valence-corrected chi connectivity index (χ0v) is 21.4. The van der Waals surface area contributed by atoms with E-state index in [9.17, 15) is 9.90 Å². The number of benzene rings is 2. The fraction of sp³-hybridized carbons (Fsp3) is 0.536. The topological polar surface area (TPSA) is 86.7 Å². The van der Waals surface area contributed by atoms with Crippen molar-refractivity contribution in [2.75, 3.05) is 32.9 Å². The van der Waals surface area contributed by atoms with Crippen LogP contribution >= 0.6 is 0 Å². The number of hydrogen-bond donors (Lipinski definition) is 1. The third-order valence-electron chi connectivity index (χ3n) is 6.33. The first-order chi connectivity index (χ1) is 17.2. The quantitative estimate of drug-likeness (QED) is 0.411. The largest absolute Gasteiger partial charge is 0.528 e. The number of hydrogen-bond acceptors (Lipinski definition) is 8. The molecule has 0 spiro atoms. The monoisotopic (exact) mass is 499 g/mol. The van der Waals surface area contributed by atoms with Crippen molar-refractivity contribution in [3.8, 4) is 5.75 Å². The van der Waals surface area contributed by atoms with Crippen LogP contribution in [0.5, 0.6) is 5.75 Å². The fourth-order valence-corrected chi connectivity index (χ4v) is 4.66. The summed E-state index contributed by atoms with van der Waals surface area (Å²) in [6.07, 6.45) is 0.742. The van der Waals surface area contributed by atoms with Gasteiger partial charge in [-0.3, -0.25) is 0 Å². The minimum Gasteiger partial charge on any atom is -0.494 e. The lowest BCUT2D eigenvalue weighted by molar-refractivity contribution is -0.172. The van der Waals surface area contributed by atoms with Gasteiger partial charge in [0.25, 0.3) is 0 Å². The summed E-state index contributed by atoms with van der Waals surface area (Å²) in [5, 5.41) is 12.1. The number of aliphatic hydroxyl groups excluding tert-OH is 1. The molecule has 0 aromatic heterocycles. The van der Waals surface area contributed by atoms with Gasteiger partial charge < -0.3 is 28.9 Å². The van der Waals surface area contributed by atoms with Crippen molar-refractivity contribution in [1.29, 1.82) is 0 Å². The summed E-state index contributed by atoms with van der Waals surface area (Å²) in [5.41, 5.74) is 1.44. The van der Waals surface area contributed by atoms with Crippen molar-refractivity contribution in [3.63, 3.8) is 0 Å². The van der Waals surface area contributed by atoms with E-state index in [2.05, 4.69) is 0 Å². The fourth-order valence-electron chi connectivity index (χ4n) is 4.66. The molecule has 8 nitrogen and oxygen atoms in total. The molecule has 0 aliphatic carbocycles. The molecule has 0 saturated carbocycles. The SMILES string of the molecule is CC(C)(C)OC(=O)ON1CCC(c2ccc(OCCCC3(c4ccccc4)OCCO3)cc2)C(O)C1. The molecule has 2 aromatic rings. The molecule has 2 atom stereocenters. The number of nitrogens with zero attached hydrogens (tertiary/aromatic N) is 1. The molecule has 196 valence electrons. The zero-order valence-electron chi connectivity index (χ0n) is 21.4. The lowest BCUT2D eigenvalue weighted by atomic mass is 9.88. The molecule has 2 aliphatic heterocycles. The van der Waals surface area contributed by atoms with E-state index < -0.39 is 23.6 Å². The van der Waals surface area contributed by atoms with Crippen LogP contribution in [0.15, 0.2) is 54.6 Å². The summed E-state index contributed by atoms with van der Waals surface area (Å²) >= 11 is 0. The van der Waals surface area contributed by atoms with Gasteiger partial charge in [0.1, 0.15) is 11.4 Å². The summed E-state index contributed by atoms with van der Waals surface area (Å²) in [6.45, 7) is 7.82. The Morgan fingerprint density at radius 3 is 2.42 bits per heavy atom. The molecule has 0 radical (unpaired) electrons. The molecule has 0 amide bonds. The second kappa shape index (κ2) is 11.6. The van der Waals surface area contributed by atoms with E-state index in [1.807, 2.05) is 54.6 Å². The van der Waals surface area contributed by atoms with Gasteiger partial charge in [-0.25, -0.2) is 4.79 Å². The van der Waals surface area contributed by atoms with E-state index in [0.29, 0.717) is 39.2 Å². The third-order valence-corrected chi connectivity index (χ3v) is 6.33. The van der Waals surface area contributed by atoms with Crippen LogP contribution in [0.3, 0.4) is 0 Å². The van der Waals surface area contributed by atoms with E-state index in [1.54, 1.807) is 20.8 Å². The highest BCUT2D eigenvalue weighted by Gasteiger charge is 2.38. The summed E-state index contributed by atoms with van der Waals surface area (Å²) < 4.78 is 23.1. The van der Waals surface area contributed by atoms with Gasteiger partial charge in [0, 0.05) is 24.4 Å². The Balaban J connectivity index is 1.23. The number of hydroxylamine groups is 2. The molecule has 2 fully saturated rings. The number of rotatable bonds is 8. The van der Waals surface area contributed by atoms with E-state index in [4.69, 9.17) is 23.8 Å². The van der Waals surface area contributed by atoms with E-state index in [0.717, 1.165) is 23.3 Å². The minimum absolute atomic E-state index is 0.0417. The highest BCUT2D eigenvalue weighted by molar-refractivity contribution is 5.60. The third kappa shape index (κ3) is 6.97. The second-order valence-corrected chi connectivity index (χ2v) is 10.2. The lowest BCUT2D eigenvalue weighted by Gasteiger charge is -2.34. The first kappa shape index (κ1) is 26.4. The van der Waals surface area contributed by atoms with Gasteiger partial charge in [0.15, 0.2) is 5.79 Å². The van der Waals surface area contributed by atoms with Crippen molar-refractivity contribution in [2.45, 2.75) is 63.4 Å². The first-order valence-corrected chi connectivity index (χ1v) is 12.6. The van der Waals surface area contributed by atoms with Gasteiger partial charge >= 0.3 is 6.16 Å². The Morgan fingerprint density at radius 1 is 1.08 bits per heavy atom. The van der Waals surface area contributed by atoms with Gasteiger partial charge in [0.2, 0.25) is 0 Å². The van der Waals surface area contributed by atoms with Gasteiger partial charge in [0.05, 0.1) is 32.5 Å². The van der Waals surface area contributed by atoms with Crippen LogP contribution in [0, 0.1) is 0 Å². The average molecular weight is 500 g/mol. The van der Waals surface area contributed by atoms with Crippen molar-refractivity contribution >= 4 is 6.16 Å². The Kier molecular flexibility index (Phi) is 8.51. The standard InChI is InChI=1S/C28H37NO7/c1-27(2,3)35-26(31)36-29-16-14-24(25(30)20-29)21-10-12-23(13-11-21)32-17-7-15-28(33-18-19-34-28)22-8-5-4-6-9-22/h4-6,8-13,24-25,30H,7,14-20H2,1-3H3. The number of aliphatic hydroxyl groups is 1. The van der Waals surface area contributed by atoms with Gasteiger partial charge in [-0.05, 0) is 51.3 Å². The molecular weight excluding hydrogens is 462 g/mol. The molecule has 1 N–H and O–H groups in total. The lowest BCUT2D eigenvalue weighted by Crippen LogP contribution is -2.44. The van der Waals surface area contributed by atoms with Crippen molar-refractivity contribution in [3.05, 3.63) is 65.7 Å². The summed E-state index contributed by atoms with van der Waals surface area (Å²) in [4.78, 5) is 17.1. The van der Waals surface area contributed by atoms with Gasteiger partial charge in [-0.2, -0.15) is 0 Å². The first-order valence-electron chi connectivity index (χ1n) is 12.6. The van der Waals surface area contributed by atoms with Gasteiger partial charge in [-0.1, -0.05) is 42.5 Å². The highest BCUT2D eigenvalue weighted by atomic mass is 16.8. The maximum Gasteiger partial charge on any atom is 0.528 e. The number of carbonyl (C=O) groups excluding carboxylic acids is 1. The zero-order chi connectivity index (χ0) is 25.6. The molecule has 2 aliphatic rings. The van der Waals surface area contributed by atoms with Crippen LogP contribution in [-0.2, 0) is 24.8 Å². The van der Waals surface area contributed by atoms with Gasteiger partial charge in [-0.15, -0.1) is 5.06 Å². The molecule has 2 unspecified atom stereocenters. The predicted molar refractivity (Wildman–Crippen MR) is 133 cm³/mol. The molecule has 36 heavy (non-hydrogen) atoms. The van der Waals surface area contributed by atoms with E-state index >= 15 is 0 Å². The molecule has 8 heteroatoms. The second-order valence-electron chi connectivity index (χ2n) is 10.2. The number of carbonyl (C=O) groups is 1. The Morgan fingerprint density at radius 2 is 1.78 bits per heavy atom. The Hall–Kier alpha value is -2.65. The van der Waals surface area contributed by atoms with Crippen molar-refractivity contribution < 1.29 is 33.7 Å². The molecule has 2 saturated heterocycles. The highest BCUT2D eigenvalue weighted by Crippen LogP contribution is 2.36. The van der Waals surface area contributed by atoms with Crippen LogP contribution in [0.25, 0.3) is 0 Å². The smallest absolute Gasteiger partial charge is 0.494 e. The molecular formula is C28H37NO7. The average Bonchev–Trinajstić information content (AvgIpc) is 3.32. The molecule has 2 aromatic carbocycles. The van der Waals surface area contributed by atoms with Crippen LogP contribution in [0.2, 0.25) is 0 Å². The Bertz CT molecular complexity index is 968. The minimum atomic E-state index is -0.754. The van der Waals surface area contributed by atoms with E-state index in [1.165, 1.54) is 5.06 Å². The summed E-state index contributed by atoms with van der Waals surface area (Å²) in [5.74, 6) is 0.0491. The normalized spacial score (nSPS) is 22.2. The summed E-state index contributed by atoms with van der Waals surface area (Å²) in [6, 6.07) is 17.9. The summed E-state index contributed by atoms with van der Waals surface area (Å²) in [7, 11) is 0. The molecule has 4 rings (SSSR count). The van der Waals surface area contributed by atoms with Crippen LogP contribution < -0.4 is 4.74 Å². The van der Waals surface area contributed by atoms with Crippen molar-refractivity contribution in [2.24, 2.45) is 0 Å². The number of ether oxygens (including phenoxy) is 4. The molecule has 0 bridgehead atoms. The predicted octanol–water partition coefficient (Wildman–Crippen LogP) is 4.76. The van der Waals surface area contributed by atoms with Crippen molar-refractivity contribution in [1.82, 2.24) is 5.06 Å². The number of piperidine rings is 1.